The Bertz CT molecular complexity index is 444. The molecule has 0 amide bonds. The monoisotopic (exact) mass is 286 g/mol. The molecule has 0 aliphatic heterocycles. The summed E-state index contributed by atoms with van der Waals surface area (Å²) in [5, 5.41) is 0. The molecule has 20 heavy (non-hydrogen) atoms. The number of Topliss-reactive ketones (excluding diaryl/α,β-unsaturated/α-hetero) is 1. The zero-order valence-corrected chi connectivity index (χ0v) is 11.9. The molecule has 1 rings (SSSR count). The minimum atomic E-state index is -1.27. The van der Waals surface area contributed by atoms with E-state index in [0.29, 0.717) is 18.6 Å². The number of carbonyl (C=O) groups is 1. The zero-order valence-electron chi connectivity index (χ0n) is 11.9. The Morgan fingerprint density at radius 3 is 2.05 bits per heavy atom. The maximum Gasteiger partial charge on any atom is 0.165 e. The Morgan fingerprint density at radius 1 is 0.850 bits per heavy atom. The fraction of sp³-hybridized carbons (Fsp3) is 0.562. The highest BCUT2D eigenvalue weighted by Gasteiger charge is 2.15. The number of benzene rings is 1. The van der Waals surface area contributed by atoms with Gasteiger partial charge in [-0.25, -0.2) is 13.2 Å². The van der Waals surface area contributed by atoms with Crippen LogP contribution in [0, 0.1) is 17.5 Å². The second-order valence-electron chi connectivity index (χ2n) is 5.04. The lowest BCUT2D eigenvalue weighted by molar-refractivity contribution is 0.0974. The lowest BCUT2D eigenvalue weighted by atomic mass is 10.0. The lowest BCUT2D eigenvalue weighted by Gasteiger charge is -2.04. The van der Waals surface area contributed by atoms with Crippen molar-refractivity contribution in [1.29, 1.82) is 0 Å². The molecule has 0 spiro atoms. The molecule has 112 valence electrons. The summed E-state index contributed by atoms with van der Waals surface area (Å²) >= 11 is 0. The number of carbonyl (C=O) groups excluding carboxylic acids is 1. The van der Waals surface area contributed by atoms with Gasteiger partial charge in [-0.3, -0.25) is 4.79 Å². The van der Waals surface area contributed by atoms with E-state index >= 15 is 0 Å². The van der Waals surface area contributed by atoms with Gasteiger partial charge in [0.05, 0.1) is 5.56 Å². The van der Waals surface area contributed by atoms with E-state index in [4.69, 9.17) is 0 Å². The van der Waals surface area contributed by atoms with Crippen molar-refractivity contribution < 1.29 is 18.0 Å². The molecule has 0 atom stereocenters. The first-order valence-corrected chi connectivity index (χ1v) is 7.24. The summed E-state index contributed by atoms with van der Waals surface area (Å²) in [6.45, 7) is 2.15. The Labute approximate surface area is 118 Å². The fourth-order valence-corrected chi connectivity index (χ4v) is 2.11. The summed E-state index contributed by atoms with van der Waals surface area (Å²) < 4.78 is 39.1. The van der Waals surface area contributed by atoms with E-state index in [2.05, 4.69) is 6.92 Å². The maximum atomic E-state index is 13.4. The molecule has 0 bridgehead atoms. The van der Waals surface area contributed by atoms with Crippen molar-refractivity contribution in [3.8, 4) is 0 Å². The van der Waals surface area contributed by atoms with E-state index in [9.17, 15) is 18.0 Å². The Hall–Kier alpha value is -1.32. The normalized spacial score (nSPS) is 10.8. The van der Waals surface area contributed by atoms with Crippen LogP contribution in [0.1, 0.15) is 68.6 Å². The van der Waals surface area contributed by atoms with Gasteiger partial charge in [0.1, 0.15) is 5.82 Å². The highest BCUT2D eigenvalue weighted by Crippen LogP contribution is 2.17. The minimum absolute atomic E-state index is 0.176. The summed E-state index contributed by atoms with van der Waals surface area (Å²) in [6.07, 6.45) is 7.53. The van der Waals surface area contributed by atoms with Gasteiger partial charge in [-0.05, 0) is 12.5 Å². The van der Waals surface area contributed by atoms with Crippen molar-refractivity contribution >= 4 is 5.78 Å². The van der Waals surface area contributed by atoms with Crippen LogP contribution in [-0.4, -0.2) is 5.78 Å². The number of hydrogen-bond acceptors (Lipinski definition) is 1. The van der Waals surface area contributed by atoms with Crippen molar-refractivity contribution in [3.63, 3.8) is 0 Å². The van der Waals surface area contributed by atoms with Crippen molar-refractivity contribution in [3.05, 3.63) is 35.1 Å². The van der Waals surface area contributed by atoms with Gasteiger partial charge in [0.2, 0.25) is 0 Å². The molecule has 0 N–H and O–H groups in total. The van der Waals surface area contributed by atoms with Gasteiger partial charge in [0.25, 0.3) is 0 Å². The zero-order chi connectivity index (χ0) is 15.0. The van der Waals surface area contributed by atoms with Crippen molar-refractivity contribution in [2.45, 2.75) is 58.3 Å². The Kier molecular flexibility index (Phi) is 7.34. The van der Waals surface area contributed by atoms with Crippen LogP contribution in [0.15, 0.2) is 12.1 Å². The molecule has 0 saturated carbocycles. The van der Waals surface area contributed by atoms with E-state index in [-0.39, 0.29) is 12.0 Å². The highest BCUT2D eigenvalue weighted by molar-refractivity contribution is 5.96. The predicted octanol–water partition coefficient (Wildman–Crippen LogP) is 5.43. The standard InChI is InChI=1S/C16H21F3O/c1-2-3-4-5-6-7-8-9-16(20)12-10-14(18)15(19)11-13(12)17/h10-11H,2-9H2,1H3. The van der Waals surface area contributed by atoms with Gasteiger partial charge in [-0.2, -0.15) is 0 Å². The van der Waals surface area contributed by atoms with E-state index < -0.39 is 23.2 Å². The van der Waals surface area contributed by atoms with Gasteiger partial charge in [0.15, 0.2) is 17.4 Å². The number of rotatable bonds is 9. The smallest absolute Gasteiger partial charge is 0.165 e. The second-order valence-corrected chi connectivity index (χ2v) is 5.04. The molecule has 0 radical (unpaired) electrons. The first-order chi connectivity index (χ1) is 9.56. The topological polar surface area (TPSA) is 17.1 Å². The second kappa shape index (κ2) is 8.77. The van der Waals surface area contributed by atoms with E-state index in [0.717, 1.165) is 19.3 Å². The molecule has 0 aliphatic rings. The molecule has 0 heterocycles. The molecule has 0 aromatic heterocycles. The maximum absolute atomic E-state index is 13.4. The van der Waals surface area contributed by atoms with Crippen LogP contribution in [0.25, 0.3) is 0 Å². The van der Waals surface area contributed by atoms with Crippen molar-refractivity contribution in [1.82, 2.24) is 0 Å². The van der Waals surface area contributed by atoms with Crippen LogP contribution in [0.4, 0.5) is 13.2 Å². The van der Waals surface area contributed by atoms with Gasteiger partial charge < -0.3 is 0 Å². The van der Waals surface area contributed by atoms with E-state index in [1.165, 1.54) is 19.3 Å². The van der Waals surface area contributed by atoms with Crippen LogP contribution < -0.4 is 0 Å². The average Bonchev–Trinajstić information content (AvgIpc) is 2.41. The lowest BCUT2D eigenvalue weighted by Crippen LogP contribution is -2.04. The summed E-state index contributed by atoms with van der Waals surface area (Å²) in [6, 6.07) is 1.07. The summed E-state index contributed by atoms with van der Waals surface area (Å²) in [5.74, 6) is -3.91. The predicted molar refractivity (Wildman–Crippen MR) is 73.3 cm³/mol. The molecule has 0 saturated heterocycles. The van der Waals surface area contributed by atoms with Gasteiger partial charge in [0, 0.05) is 12.5 Å². The molecule has 4 heteroatoms. The van der Waals surface area contributed by atoms with E-state index in [1.807, 2.05) is 0 Å². The third-order valence-electron chi connectivity index (χ3n) is 3.32. The summed E-state index contributed by atoms with van der Waals surface area (Å²) in [4.78, 5) is 11.7. The largest absolute Gasteiger partial charge is 0.294 e. The molecule has 0 fully saturated rings. The van der Waals surface area contributed by atoms with Crippen LogP contribution >= 0.6 is 0 Å². The first kappa shape index (κ1) is 16.7. The molecule has 1 nitrogen and oxygen atoms in total. The molecule has 1 aromatic carbocycles. The molecular formula is C16H21F3O. The quantitative estimate of drug-likeness (QED) is 0.336. The van der Waals surface area contributed by atoms with Crippen LogP contribution in [0.2, 0.25) is 0 Å². The number of unbranched alkanes of at least 4 members (excludes halogenated alkanes) is 6. The summed E-state index contributed by atoms with van der Waals surface area (Å²) in [5.41, 5.74) is -0.352. The highest BCUT2D eigenvalue weighted by atomic mass is 19.2. The minimum Gasteiger partial charge on any atom is -0.294 e. The SMILES string of the molecule is CCCCCCCCCC(=O)c1cc(F)c(F)cc1F. The van der Waals surface area contributed by atoms with Crippen LogP contribution in [0.5, 0.6) is 0 Å². The van der Waals surface area contributed by atoms with Gasteiger partial charge >= 0.3 is 0 Å². The average molecular weight is 286 g/mol. The van der Waals surface area contributed by atoms with E-state index in [1.54, 1.807) is 0 Å². The summed E-state index contributed by atoms with van der Waals surface area (Å²) in [7, 11) is 0. The Balaban J connectivity index is 2.34. The Morgan fingerprint density at radius 2 is 1.40 bits per heavy atom. The number of halogens is 3. The number of ketones is 1. The first-order valence-electron chi connectivity index (χ1n) is 7.24. The molecule has 1 aromatic rings. The van der Waals surface area contributed by atoms with Gasteiger partial charge in [-0.15, -0.1) is 0 Å². The van der Waals surface area contributed by atoms with Crippen molar-refractivity contribution in [2.75, 3.05) is 0 Å². The molecule has 0 aliphatic carbocycles. The van der Waals surface area contributed by atoms with Crippen molar-refractivity contribution in [2.24, 2.45) is 0 Å². The molecule has 0 unspecified atom stereocenters. The number of hydrogen-bond donors (Lipinski definition) is 0. The fourth-order valence-electron chi connectivity index (χ4n) is 2.11. The van der Waals surface area contributed by atoms with Crippen LogP contribution in [-0.2, 0) is 0 Å². The third-order valence-corrected chi connectivity index (χ3v) is 3.32. The van der Waals surface area contributed by atoms with Crippen LogP contribution in [0.3, 0.4) is 0 Å². The van der Waals surface area contributed by atoms with Gasteiger partial charge in [-0.1, -0.05) is 45.4 Å². The third kappa shape index (κ3) is 5.35. The molecular weight excluding hydrogens is 265 g/mol.